The van der Waals surface area contributed by atoms with Crippen molar-refractivity contribution in [3.8, 4) is 0 Å². The van der Waals surface area contributed by atoms with Crippen molar-refractivity contribution in [1.82, 2.24) is 4.98 Å². The highest BCUT2D eigenvalue weighted by Gasteiger charge is 2.62. The van der Waals surface area contributed by atoms with Gasteiger partial charge < -0.3 is 16.8 Å². The van der Waals surface area contributed by atoms with Crippen LogP contribution in [0.4, 0.5) is 10.1 Å². The van der Waals surface area contributed by atoms with Gasteiger partial charge in [-0.2, -0.15) is 0 Å². The van der Waals surface area contributed by atoms with E-state index in [1.165, 1.54) is 30.5 Å². The molecule has 1 atom stereocenters. The predicted molar refractivity (Wildman–Crippen MR) is 107 cm³/mol. The molecule has 0 saturated heterocycles. The number of hydrogen-bond donors (Lipinski definition) is 3. The van der Waals surface area contributed by atoms with Crippen molar-refractivity contribution in [3.05, 3.63) is 58.6 Å². The van der Waals surface area contributed by atoms with Crippen LogP contribution in [0.15, 0.2) is 41.5 Å². The molecule has 2 aliphatic rings. The Labute approximate surface area is 171 Å². The van der Waals surface area contributed by atoms with E-state index in [1.54, 1.807) is 0 Å². The molecule has 1 saturated carbocycles. The molecule has 1 aliphatic carbocycles. The molecule has 5 N–H and O–H groups in total. The third-order valence-electron chi connectivity index (χ3n) is 5.15. The third-order valence-corrected chi connectivity index (χ3v) is 8.00. The average Bonchev–Trinajstić information content (AvgIpc) is 3.44. The van der Waals surface area contributed by atoms with Crippen LogP contribution in [-0.4, -0.2) is 35.6 Å². The van der Waals surface area contributed by atoms with E-state index in [0.29, 0.717) is 17.9 Å². The van der Waals surface area contributed by atoms with Crippen LogP contribution in [0.5, 0.6) is 0 Å². The zero-order chi connectivity index (χ0) is 21.0. The number of hydrogen-bond acceptors (Lipinski definition) is 7. The Hall–Kier alpha value is -2.56. The van der Waals surface area contributed by atoms with Crippen LogP contribution < -0.4 is 16.8 Å². The largest absolute Gasteiger partial charge is 0.386 e. The smallest absolute Gasteiger partial charge is 0.274 e. The van der Waals surface area contributed by atoms with Crippen molar-refractivity contribution in [2.24, 2.45) is 16.5 Å². The van der Waals surface area contributed by atoms with Crippen LogP contribution >= 0.6 is 11.6 Å². The Balaban J connectivity index is 1.68. The number of carbonyl (C=O) groups is 1. The standard InChI is InChI=1S/C18H17ClFN5O3S/c19-10-1-4-14(23-8-10)15(26)24-11-2-3-13(20)12(7-11)18(22)9-29(27,28)17(5-6-17)16(21)25-18/h1-4,7-8H,5-6,9,22H2,(H2,21,25)(H,24,26). The third kappa shape index (κ3) is 3.26. The second-order valence-corrected chi connectivity index (χ2v) is 9.92. The number of pyridine rings is 1. The second kappa shape index (κ2) is 6.48. The Morgan fingerprint density at radius 1 is 1.24 bits per heavy atom. The van der Waals surface area contributed by atoms with Crippen LogP contribution in [0.1, 0.15) is 28.9 Å². The van der Waals surface area contributed by atoms with Crippen molar-refractivity contribution in [1.29, 1.82) is 0 Å². The molecular weight excluding hydrogens is 421 g/mol. The zero-order valence-corrected chi connectivity index (χ0v) is 16.6. The van der Waals surface area contributed by atoms with Gasteiger partial charge in [-0.1, -0.05) is 11.6 Å². The van der Waals surface area contributed by atoms with Gasteiger partial charge in [-0.25, -0.2) is 22.8 Å². The zero-order valence-electron chi connectivity index (χ0n) is 15.0. The molecule has 152 valence electrons. The summed E-state index contributed by atoms with van der Waals surface area (Å²) in [6.45, 7) is 0. The van der Waals surface area contributed by atoms with Gasteiger partial charge in [0.1, 0.15) is 22.1 Å². The van der Waals surface area contributed by atoms with Gasteiger partial charge in [0, 0.05) is 17.4 Å². The molecule has 1 spiro atoms. The second-order valence-electron chi connectivity index (χ2n) is 7.19. The summed E-state index contributed by atoms with van der Waals surface area (Å²) in [5.74, 6) is -1.99. The normalized spacial score (nSPS) is 24.0. The van der Waals surface area contributed by atoms with Crippen molar-refractivity contribution in [2.75, 3.05) is 11.1 Å². The maximum Gasteiger partial charge on any atom is 0.274 e. The maximum atomic E-state index is 14.6. The summed E-state index contributed by atoms with van der Waals surface area (Å²) in [5.41, 5.74) is 10.3. The van der Waals surface area contributed by atoms with Crippen molar-refractivity contribution in [3.63, 3.8) is 0 Å². The van der Waals surface area contributed by atoms with Crippen molar-refractivity contribution < 1.29 is 17.6 Å². The summed E-state index contributed by atoms with van der Waals surface area (Å²) >= 11 is 5.75. The number of aliphatic imine (C=N–C) groups is 1. The number of nitrogens with zero attached hydrogens (tertiary/aromatic N) is 2. The SMILES string of the molecule is NC1=NC(N)(c2cc(NC(=O)c3ccc(Cl)cn3)ccc2F)CS(=O)(=O)C12CC2. The first-order valence-electron chi connectivity index (χ1n) is 8.66. The molecule has 4 rings (SSSR count). The van der Waals surface area contributed by atoms with Crippen LogP contribution in [-0.2, 0) is 15.5 Å². The highest BCUT2D eigenvalue weighted by Crippen LogP contribution is 2.49. The molecule has 1 fully saturated rings. The van der Waals surface area contributed by atoms with Gasteiger partial charge in [0.2, 0.25) is 0 Å². The molecule has 8 nitrogen and oxygen atoms in total. The lowest BCUT2D eigenvalue weighted by Gasteiger charge is -2.34. The molecule has 0 bridgehead atoms. The molecular formula is C18H17ClFN5O3S. The highest BCUT2D eigenvalue weighted by atomic mass is 35.5. The Kier molecular flexibility index (Phi) is 4.41. The molecule has 0 radical (unpaired) electrons. The molecule has 2 aromatic rings. The minimum absolute atomic E-state index is 0.0981. The number of carbonyl (C=O) groups excluding carboxylic acids is 1. The van der Waals surface area contributed by atoms with Gasteiger partial charge in [0.05, 0.1) is 10.8 Å². The first-order chi connectivity index (χ1) is 13.6. The van der Waals surface area contributed by atoms with Gasteiger partial charge in [-0.05, 0) is 43.2 Å². The first kappa shape index (κ1) is 19.7. The lowest BCUT2D eigenvalue weighted by molar-refractivity contribution is 0.102. The number of anilines is 1. The predicted octanol–water partition coefficient (Wildman–Crippen LogP) is 1.56. The maximum absolute atomic E-state index is 14.6. The average molecular weight is 438 g/mol. The van der Waals surface area contributed by atoms with E-state index in [1.807, 2.05) is 0 Å². The number of amides is 1. The van der Waals surface area contributed by atoms with Crippen LogP contribution in [0, 0.1) is 5.82 Å². The minimum atomic E-state index is -3.71. The molecule has 1 unspecified atom stereocenters. The summed E-state index contributed by atoms with van der Waals surface area (Å²) < 4.78 is 38.8. The lowest BCUT2D eigenvalue weighted by atomic mass is 10.0. The fraction of sp³-hybridized carbons (Fsp3) is 0.278. The number of sulfone groups is 1. The van der Waals surface area contributed by atoms with Gasteiger partial charge in [-0.3, -0.25) is 4.79 Å². The van der Waals surface area contributed by atoms with E-state index < -0.39 is 37.7 Å². The summed E-state index contributed by atoms with van der Waals surface area (Å²) in [6, 6.07) is 6.59. The van der Waals surface area contributed by atoms with Gasteiger partial charge in [-0.15, -0.1) is 0 Å². The number of nitrogens with two attached hydrogens (primary N) is 2. The number of nitrogens with one attached hydrogen (secondary N) is 1. The lowest BCUT2D eigenvalue weighted by Crippen LogP contribution is -2.55. The molecule has 11 heteroatoms. The van der Waals surface area contributed by atoms with E-state index in [-0.39, 0.29) is 22.8 Å². The summed E-state index contributed by atoms with van der Waals surface area (Å²) in [4.78, 5) is 20.4. The van der Waals surface area contributed by atoms with E-state index in [9.17, 15) is 17.6 Å². The Morgan fingerprint density at radius 3 is 2.55 bits per heavy atom. The van der Waals surface area contributed by atoms with E-state index in [4.69, 9.17) is 23.1 Å². The van der Waals surface area contributed by atoms with E-state index in [2.05, 4.69) is 15.3 Å². The van der Waals surface area contributed by atoms with Crippen LogP contribution in [0.2, 0.25) is 5.02 Å². The summed E-state index contributed by atoms with van der Waals surface area (Å²) in [5, 5.41) is 2.94. The number of benzene rings is 1. The van der Waals surface area contributed by atoms with E-state index >= 15 is 0 Å². The molecule has 29 heavy (non-hydrogen) atoms. The summed E-state index contributed by atoms with van der Waals surface area (Å²) in [6.07, 6.45) is 2.08. The minimum Gasteiger partial charge on any atom is -0.386 e. The Bertz CT molecular complexity index is 1150. The topological polar surface area (TPSA) is 141 Å². The first-order valence-corrected chi connectivity index (χ1v) is 10.7. The van der Waals surface area contributed by atoms with Gasteiger partial charge in [0.15, 0.2) is 15.5 Å². The van der Waals surface area contributed by atoms with Crippen LogP contribution in [0.3, 0.4) is 0 Å². The van der Waals surface area contributed by atoms with Crippen molar-refractivity contribution in [2.45, 2.75) is 23.3 Å². The summed E-state index contributed by atoms with van der Waals surface area (Å²) in [7, 11) is -3.71. The fourth-order valence-corrected chi connectivity index (χ4v) is 5.67. The number of aromatic nitrogens is 1. The quantitative estimate of drug-likeness (QED) is 0.665. The van der Waals surface area contributed by atoms with Gasteiger partial charge >= 0.3 is 0 Å². The van der Waals surface area contributed by atoms with Crippen molar-refractivity contribution >= 4 is 38.9 Å². The number of rotatable bonds is 3. The van der Waals surface area contributed by atoms with Gasteiger partial charge in [0.25, 0.3) is 5.91 Å². The molecule has 1 aromatic carbocycles. The van der Waals surface area contributed by atoms with Crippen LogP contribution in [0.25, 0.3) is 0 Å². The fourth-order valence-electron chi connectivity index (χ4n) is 3.39. The molecule has 1 aliphatic heterocycles. The number of halogens is 2. The molecule has 1 aromatic heterocycles. The Morgan fingerprint density at radius 2 is 1.97 bits per heavy atom. The molecule has 1 amide bonds. The monoisotopic (exact) mass is 437 g/mol. The number of amidine groups is 1. The highest BCUT2D eigenvalue weighted by molar-refractivity contribution is 7.94. The van der Waals surface area contributed by atoms with E-state index in [0.717, 1.165) is 6.07 Å². The molecule has 2 heterocycles.